The first kappa shape index (κ1) is 17.3. The summed E-state index contributed by atoms with van der Waals surface area (Å²) in [6.45, 7) is 4.88. The Kier molecular flexibility index (Phi) is 6.49. The summed E-state index contributed by atoms with van der Waals surface area (Å²) in [6, 6.07) is 4.78. The van der Waals surface area contributed by atoms with Crippen molar-refractivity contribution in [1.82, 2.24) is 4.90 Å². The van der Waals surface area contributed by atoms with Crippen LogP contribution in [0.3, 0.4) is 0 Å². The molecule has 116 valence electrons. The third-order valence-electron chi connectivity index (χ3n) is 2.93. The molecule has 0 radical (unpaired) electrons. The molecule has 2 N–H and O–H groups in total. The Morgan fingerprint density at radius 1 is 1.38 bits per heavy atom. The number of carbonyl (C=O) groups excluding carboxylic acids is 2. The van der Waals surface area contributed by atoms with Crippen molar-refractivity contribution >= 4 is 29.2 Å². The standard InChI is InChI=1S/C15H21ClN2O3/c1-10(2)9-18(7-6-14(19)21-3)15(20)11-4-5-13(17)12(16)8-11/h4-5,8,10H,6-7,9,17H2,1-3H3. The second kappa shape index (κ2) is 7.88. The van der Waals surface area contributed by atoms with Crippen LogP contribution in [0.2, 0.25) is 5.02 Å². The molecule has 0 aliphatic heterocycles. The second-order valence-corrected chi connectivity index (χ2v) is 5.61. The van der Waals surface area contributed by atoms with Crippen molar-refractivity contribution in [2.45, 2.75) is 20.3 Å². The Morgan fingerprint density at radius 2 is 2.05 bits per heavy atom. The van der Waals surface area contributed by atoms with Gasteiger partial charge in [-0.1, -0.05) is 25.4 Å². The highest BCUT2D eigenvalue weighted by molar-refractivity contribution is 6.33. The molecule has 0 saturated heterocycles. The van der Waals surface area contributed by atoms with Gasteiger partial charge in [0.15, 0.2) is 0 Å². The van der Waals surface area contributed by atoms with E-state index in [0.717, 1.165) is 0 Å². The summed E-state index contributed by atoms with van der Waals surface area (Å²) in [5.41, 5.74) is 6.53. The molecule has 0 aliphatic carbocycles. The zero-order chi connectivity index (χ0) is 16.0. The summed E-state index contributed by atoms with van der Waals surface area (Å²) in [7, 11) is 1.33. The number of methoxy groups -OCH3 is 1. The van der Waals surface area contributed by atoms with Gasteiger partial charge in [-0.3, -0.25) is 9.59 Å². The van der Waals surface area contributed by atoms with Gasteiger partial charge in [0, 0.05) is 18.7 Å². The van der Waals surface area contributed by atoms with Gasteiger partial charge in [-0.15, -0.1) is 0 Å². The van der Waals surface area contributed by atoms with Crippen LogP contribution in [0.4, 0.5) is 5.69 Å². The molecule has 0 aliphatic rings. The van der Waals surface area contributed by atoms with E-state index in [2.05, 4.69) is 4.74 Å². The molecule has 0 aromatic heterocycles. The van der Waals surface area contributed by atoms with Crippen molar-refractivity contribution in [2.24, 2.45) is 5.92 Å². The van der Waals surface area contributed by atoms with Crippen LogP contribution in [0.25, 0.3) is 0 Å². The lowest BCUT2D eigenvalue weighted by atomic mass is 10.1. The van der Waals surface area contributed by atoms with E-state index in [0.29, 0.717) is 29.4 Å². The summed E-state index contributed by atoms with van der Waals surface area (Å²) >= 11 is 5.95. The first-order valence-corrected chi connectivity index (χ1v) is 7.14. The maximum atomic E-state index is 12.5. The Labute approximate surface area is 130 Å². The molecule has 6 heteroatoms. The maximum absolute atomic E-state index is 12.5. The lowest BCUT2D eigenvalue weighted by Gasteiger charge is -2.24. The van der Waals surface area contributed by atoms with Gasteiger partial charge < -0.3 is 15.4 Å². The number of nitrogens with zero attached hydrogens (tertiary/aromatic N) is 1. The third kappa shape index (κ3) is 5.27. The molecule has 1 aromatic rings. The van der Waals surface area contributed by atoms with Gasteiger partial charge in [-0.25, -0.2) is 0 Å². The van der Waals surface area contributed by atoms with Crippen molar-refractivity contribution in [1.29, 1.82) is 0 Å². The average molecular weight is 313 g/mol. The van der Waals surface area contributed by atoms with E-state index in [4.69, 9.17) is 17.3 Å². The van der Waals surface area contributed by atoms with Crippen LogP contribution in [0, 0.1) is 5.92 Å². The molecule has 0 heterocycles. The number of hydrogen-bond donors (Lipinski definition) is 1. The Balaban J connectivity index is 2.87. The molecule has 0 unspecified atom stereocenters. The van der Waals surface area contributed by atoms with Gasteiger partial charge in [-0.05, 0) is 24.1 Å². The van der Waals surface area contributed by atoms with Crippen molar-refractivity contribution < 1.29 is 14.3 Å². The third-order valence-corrected chi connectivity index (χ3v) is 3.26. The molecule has 0 spiro atoms. The number of rotatable bonds is 6. The van der Waals surface area contributed by atoms with Gasteiger partial charge in [-0.2, -0.15) is 0 Å². The molecule has 0 saturated carbocycles. The van der Waals surface area contributed by atoms with Crippen molar-refractivity contribution in [2.75, 3.05) is 25.9 Å². The predicted molar refractivity (Wildman–Crippen MR) is 83.2 cm³/mol. The van der Waals surface area contributed by atoms with Gasteiger partial charge in [0.1, 0.15) is 0 Å². The fourth-order valence-corrected chi connectivity index (χ4v) is 2.07. The molecule has 1 rings (SSSR count). The number of ether oxygens (including phenoxy) is 1. The monoisotopic (exact) mass is 312 g/mol. The van der Waals surface area contributed by atoms with E-state index >= 15 is 0 Å². The lowest BCUT2D eigenvalue weighted by molar-refractivity contribution is -0.140. The van der Waals surface area contributed by atoms with Crippen molar-refractivity contribution in [3.05, 3.63) is 28.8 Å². The fraction of sp³-hybridized carbons (Fsp3) is 0.467. The zero-order valence-corrected chi connectivity index (χ0v) is 13.3. The summed E-state index contributed by atoms with van der Waals surface area (Å²) in [6.07, 6.45) is 0.164. The van der Waals surface area contributed by atoms with Crippen LogP contribution in [0.5, 0.6) is 0 Å². The smallest absolute Gasteiger partial charge is 0.307 e. The molecule has 1 amide bonds. The highest BCUT2D eigenvalue weighted by Crippen LogP contribution is 2.21. The molecule has 0 fully saturated rings. The number of benzene rings is 1. The fourth-order valence-electron chi connectivity index (χ4n) is 1.89. The number of anilines is 1. The number of halogens is 1. The van der Waals surface area contributed by atoms with E-state index in [1.165, 1.54) is 7.11 Å². The first-order valence-electron chi connectivity index (χ1n) is 6.76. The first-order chi connectivity index (χ1) is 9.85. The minimum absolute atomic E-state index is 0.164. The summed E-state index contributed by atoms with van der Waals surface area (Å²) in [5, 5.41) is 0.346. The topological polar surface area (TPSA) is 72.6 Å². The number of hydrogen-bond acceptors (Lipinski definition) is 4. The van der Waals surface area contributed by atoms with E-state index in [9.17, 15) is 9.59 Å². The van der Waals surface area contributed by atoms with Crippen LogP contribution in [-0.4, -0.2) is 37.0 Å². The minimum Gasteiger partial charge on any atom is -0.469 e. The molecule has 1 aromatic carbocycles. The van der Waals surface area contributed by atoms with Crippen LogP contribution < -0.4 is 5.73 Å². The van der Waals surface area contributed by atoms with Gasteiger partial charge >= 0.3 is 5.97 Å². The summed E-state index contributed by atoms with van der Waals surface area (Å²) < 4.78 is 4.61. The Morgan fingerprint density at radius 3 is 2.57 bits per heavy atom. The normalized spacial score (nSPS) is 10.5. The van der Waals surface area contributed by atoms with E-state index in [1.54, 1.807) is 23.1 Å². The van der Waals surface area contributed by atoms with E-state index < -0.39 is 0 Å². The lowest BCUT2D eigenvalue weighted by Crippen LogP contribution is -2.36. The Bertz CT molecular complexity index is 518. The number of amides is 1. The molecule has 5 nitrogen and oxygen atoms in total. The zero-order valence-electron chi connectivity index (χ0n) is 12.6. The van der Waals surface area contributed by atoms with Gasteiger partial charge in [0.05, 0.1) is 24.2 Å². The van der Waals surface area contributed by atoms with Crippen molar-refractivity contribution in [3.8, 4) is 0 Å². The molecule has 0 atom stereocenters. The highest BCUT2D eigenvalue weighted by Gasteiger charge is 2.18. The second-order valence-electron chi connectivity index (χ2n) is 5.21. The largest absolute Gasteiger partial charge is 0.469 e. The number of nitrogen functional groups attached to an aromatic ring is 1. The predicted octanol–water partition coefficient (Wildman–Crippen LogP) is 2.58. The van der Waals surface area contributed by atoms with Gasteiger partial charge in [0.2, 0.25) is 0 Å². The molecular weight excluding hydrogens is 292 g/mol. The summed E-state index contributed by atoms with van der Waals surface area (Å²) in [4.78, 5) is 25.4. The average Bonchev–Trinajstić information content (AvgIpc) is 2.44. The number of esters is 1. The number of carbonyl (C=O) groups is 2. The van der Waals surface area contributed by atoms with E-state index in [1.807, 2.05) is 13.8 Å². The minimum atomic E-state index is -0.341. The van der Waals surface area contributed by atoms with Crippen molar-refractivity contribution in [3.63, 3.8) is 0 Å². The van der Waals surface area contributed by atoms with Crippen LogP contribution in [0.1, 0.15) is 30.6 Å². The van der Waals surface area contributed by atoms with Crippen LogP contribution in [0.15, 0.2) is 18.2 Å². The SMILES string of the molecule is COC(=O)CCN(CC(C)C)C(=O)c1ccc(N)c(Cl)c1. The van der Waals surface area contributed by atoms with Crippen LogP contribution in [-0.2, 0) is 9.53 Å². The maximum Gasteiger partial charge on any atom is 0.307 e. The Hall–Kier alpha value is -1.75. The summed E-state index contributed by atoms with van der Waals surface area (Å²) in [5.74, 6) is -0.225. The van der Waals surface area contributed by atoms with E-state index in [-0.39, 0.29) is 24.2 Å². The number of nitrogens with two attached hydrogens (primary N) is 1. The highest BCUT2D eigenvalue weighted by atomic mass is 35.5. The quantitative estimate of drug-likeness (QED) is 0.647. The van der Waals surface area contributed by atoms with Crippen LogP contribution >= 0.6 is 11.6 Å². The van der Waals surface area contributed by atoms with Gasteiger partial charge in [0.25, 0.3) is 5.91 Å². The molecular formula is C15H21ClN2O3. The molecule has 21 heavy (non-hydrogen) atoms. The molecule has 0 bridgehead atoms.